The minimum Gasteiger partial charge on any atom is -0.503 e. The number of aryl methyl sites for hydroxylation is 2. The number of anilines is 1. The lowest BCUT2D eigenvalue weighted by Crippen LogP contribution is -2.31. The number of amides is 1. The van der Waals surface area contributed by atoms with Gasteiger partial charge in [0.2, 0.25) is 5.78 Å². The summed E-state index contributed by atoms with van der Waals surface area (Å²) in [7, 11) is 1.55. The lowest BCUT2D eigenvalue weighted by molar-refractivity contribution is -0.117. The van der Waals surface area contributed by atoms with Crippen molar-refractivity contribution >= 4 is 28.7 Å². The molecule has 1 amide bonds. The van der Waals surface area contributed by atoms with E-state index in [1.807, 2.05) is 61.5 Å². The van der Waals surface area contributed by atoms with Gasteiger partial charge in [0.25, 0.3) is 5.91 Å². The topological polar surface area (TPSA) is 79.7 Å². The number of ether oxygens (including phenoxy) is 1. The molecule has 4 aromatic rings. The minimum absolute atomic E-state index is 0.0415. The zero-order chi connectivity index (χ0) is 25.4. The number of Topliss-reactive ketones (excluding diaryl/α,β-unsaturated/α-hetero) is 1. The van der Waals surface area contributed by atoms with E-state index in [2.05, 4.69) is 4.98 Å². The Morgan fingerprint density at radius 1 is 1.00 bits per heavy atom. The van der Waals surface area contributed by atoms with Gasteiger partial charge in [-0.1, -0.05) is 66.2 Å². The first-order valence-corrected chi connectivity index (χ1v) is 12.3. The van der Waals surface area contributed by atoms with Crippen LogP contribution in [0.3, 0.4) is 0 Å². The van der Waals surface area contributed by atoms with Crippen LogP contribution in [0.5, 0.6) is 5.75 Å². The maximum Gasteiger partial charge on any atom is 0.294 e. The van der Waals surface area contributed by atoms with E-state index >= 15 is 0 Å². The number of nitrogens with zero attached hydrogens (tertiary/aromatic N) is 2. The molecule has 0 bridgehead atoms. The standard InChI is InChI=1S/C29H24N2O4S/c1-17-9-7-12-20(15-17)24-23(26(33)29(34)31(24)21-13-8-14-22(16-21)35-3)25(32)27-18(2)30-28(36-27)19-10-5-4-6-11-19/h4-16,24,33H,1-3H3. The van der Waals surface area contributed by atoms with Crippen molar-refractivity contribution in [2.45, 2.75) is 19.9 Å². The van der Waals surface area contributed by atoms with Crippen LogP contribution >= 0.6 is 11.3 Å². The van der Waals surface area contributed by atoms with Crippen molar-refractivity contribution in [2.24, 2.45) is 0 Å². The van der Waals surface area contributed by atoms with E-state index in [0.29, 0.717) is 27.0 Å². The predicted molar refractivity (Wildman–Crippen MR) is 141 cm³/mol. The maximum absolute atomic E-state index is 14.0. The Kier molecular flexibility index (Phi) is 6.16. The summed E-state index contributed by atoms with van der Waals surface area (Å²) in [4.78, 5) is 33.9. The van der Waals surface area contributed by atoms with Crippen LogP contribution in [-0.2, 0) is 4.79 Å². The highest BCUT2D eigenvalue weighted by atomic mass is 32.1. The van der Waals surface area contributed by atoms with Crippen LogP contribution in [0.2, 0.25) is 0 Å². The fraction of sp³-hybridized carbons (Fsp3) is 0.138. The van der Waals surface area contributed by atoms with Gasteiger partial charge in [0.15, 0.2) is 5.76 Å². The fourth-order valence-electron chi connectivity index (χ4n) is 4.45. The number of ketones is 1. The molecule has 180 valence electrons. The molecule has 2 heterocycles. The second-order valence-electron chi connectivity index (χ2n) is 8.58. The molecule has 6 nitrogen and oxygen atoms in total. The summed E-state index contributed by atoms with van der Waals surface area (Å²) in [6.07, 6.45) is 0. The number of carbonyl (C=O) groups is 2. The fourth-order valence-corrected chi connectivity index (χ4v) is 5.48. The molecule has 1 aliphatic rings. The van der Waals surface area contributed by atoms with Gasteiger partial charge < -0.3 is 9.84 Å². The molecular weight excluding hydrogens is 472 g/mol. The molecule has 0 spiro atoms. The number of aromatic nitrogens is 1. The summed E-state index contributed by atoms with van der Waals surface area (Å²) in [5.74, 6) is -1.03. The molecule has 0 saturated carbocycles. The van der Waals surface area contributed by atoms with Crippen molar-refractivity contribution < 1.29 is 19.4 Å². The number of hydrogen-bond donors (Lipinski definition) is 1. The van der Waals surface area contributed by atoms with Gasteiger partial charge >= 0.3 is 0 Å². The number of benzene rings is 3. The van der Waals surface area contributed by atoms with Gasteiger partial charge in [-0.15, -0.1) is 11.3 Å². The number of thiazole rings is 1. The lowest BCUT2D eigenvalue weighted by Gasteiger charge is -2.27. The number of rotatable bonds is 6. The Morgan fingerprint density at radius 2 is 1.75 bits per heavy atom. The van der Waals surface area contributed by atoms with Gasteiger partial charge in [-0.2, -0.15) is 0 Å². The molecule has 1 atom stereocenters. The summed E-state index contributed by atoms with van der Waals surface area (Å²) in [6, 6.07) is 23.4. The Balaban J connectivity index is 1.64. The molecule has 1 aromatic heterocycles. The molecule has 3 aromatic carbocycles. The molecule has 7 heteroatoms. The number of aliphatic hydroxyl groups excluding tert-OH is 1. The van der Waals surface area contributed by atoms with Crippen LogP contribution < -0.4 is 9.64 Å². The molecule has 1 unspecified atom stereocenters. The second kappa shape index (κ2) is 9.43. The number of hydrogen-bond acceptors (Lipinski definition) is 6. The average Bonchev–Trinajstić information content (AvgIpc) is 3.41. The van der Waals surface area contributed by atoms with Crippen LogP contribution in [0.15, 0.2) is 90.2 Å². The Labute approximate surface area is 213 Å². The van der Waals surface area contributed by atoms with E-state index < -0.39 is 23.5 Å². The number of carbonyl (C=O) groups excluding carboxylic acids is 2. The van der Waals surface area contributed by atoms with Crippen molar-refractivity contribution in [1.29, 1.82) is 0 Å². The molecule has 0 fully saturated rings. The van der Waals surface area contributed by atoms with E-state index in [4.69, 9.17) is 4.74 Å². The van der Waals surface area contributed by atoms with Gasteiger partial charge in [0.05, 0.1) is 29.3 Å². The summed E-state index contributed by atoms with van der Waals surface area (Å²) < 4.78 is 5.35. The van der Waals surface area contributed by atoms with Crippen molar-refractivity contribution in [3.63, 3.8) is 0 Å². The molecule has 0 saturated heterocycles. The third kappa shape index (κ3) is 4.07. The van der Waals surface area contributed by atoms with Gasteiger partial charge in [-0.25, -0.2) is 4.98 Å². The first kappa shape index (κ1) is 23.5. The van der Waals surface area contributed by atoms with Gasteiger partial charge in [0, 0.05) is 17.3 Å². The Morgan fingerprint density at radius 3 is 2.47 bits per heavy atom. The minimum atomic E-state index is -0.807. The van der Waals surface area contributed by atoms with Crippen molar-refractivity contribution in [3.05, 3.63) is 112 Å². The molecule has 5 rings (SSSR count). The van der Waals surface area contributed by atoms with Gasteiger partial charge in [-0.3, -0.25) is 14.5 Å². The summed E-state index contributed by atoms with van der Waals surface area (Å²) in [5.41, 5.74) is 3.72. The largest absolute Gasteiger partial charge is 0.503 e. The smallest absolute Gasteiger partial charge is 0.294 e. The molecule has 0 radical (unpaired) electrons. The normalized spacial score (nSPS) is 15.5. The van der Waals surface area contributed by atoms with Crippen molar-refractivity contribution in [3.8, 4) is 16.3 Å². The average molecular weight is 497 g/mol. The van der Waals surface area contributed by atoms with E-state index in [1.165, 1.54) is 16.2 Å². The van der Waals surface area contributed by atoms with Crippen LogP contribution in [-0.4, -0.2) is 28.9 Å². The molecule has 36 heavy (non-hydrogen) atoms. The quantitative estimate of drug-likeness (QED) is 0.321. The molecular formula is C29H24N2O4S. The highest BCUT2D eigenvalue weighted by molar-refractivity contribution is 7.17. The van der Waals surface area contributed by atoms with E-state index in [9.17, 15) is 14.7 Å². The second-order valence-corrected chi connectivity index (χ2v) is 9.58. The Bertz CT molecular complexity index is 1510. The number of aliphatic hydroxyl groups is 1. The van der Waals surface area contributed by atoms with Crippen LogP contribution in [0.4, 0.5) is 5.69 Å². The molecule has 0 aliphatic carbocycles. The first-order valence-electron chi connectivity index (χ1n) is 11.4. The van der Waals surface area contributed by atoms with E-state index in [-0.39, 0.29) is 5.57 Å². The SMILES string of the molecule is COc1cccc(N2C(=O)C(O)=C(C(=O)c3sc(-c4ccccc4)nc3C)C2c2cccc(C)c2)c1. The Hall–Kier alpha value is -4.23. The summed E-state index contributed by atoms with van der Waals surface area (Å²) in [6.45, 7) is 3.72. The van der Waals surface area contributed by atoms with Gasteiger partial charge in [-0.05, 0) is 31.5 Å². The monoisotopic (exact) mass is 496 g/mol. The van der Waals surface area contributed by atoms with Gasteiger partial charge in [0.1, 0.15) is 10.8 Å². The summed E-state index contributed by atoms with van der Waals surface area (Å²) in [5, 5.41) is 11.8. The predicted octanol–water partition coefficient (Wildman–Crippen LogP) is 6.22. The lowest BCUT2D eigenvalue weighted by atomic mass is 9.94. The molecule has 1 aliphatic heterocycles. The van der Waals surface area contributed by atoms with Crippen LogP contribution in [0.25, 0.3) is 10.6 Å². The highest BCUT2D eigenvalue weighted by Gasteiger charge is 2.45. The van der Waals surface area contributed by atoms with Crippen LogP contribution in [0.1, 0.15) is 32.5 Å². The molecule has 1 N–H and O–H groups in total. The number of methoxy groups -OCH3 is 1. The van der Waals surface area contributed by atoms with Crippen molar-refractivity contribution in [1.82, 2.24) is 4.98 Å². The van der Waals surface area contributed by atoms with Crippen LogP contribution in [0, 0.1) is 13.8 Å². The summed E-state index contributed by atoms with van der Waals surface area (Å²) >= 11 is 1.26. The maximum atomic E-state index is 14.0. The van der Waals surface area contributed by atoms with E-state index in [1.54, 1.807) is 38.3 Å². The highest BCUT2D eigenvalue weighted by Crippen LogP contribution is 2.44. The third-order valence-electron chi connectivity index (χ3n) is 6.17. The zero-order valence-corrected chi connectivity index (χ0v) is 20.9. The van der Waals surface area contributed by atoms with Crippen molar-refractivity contribution in [2.75, 3.05) is 12.0 Å². The van der Waals surface area contributed by atoms with E-state index in [0.717, 1.165) is 16.7 Å². The first-order chi connectivity index (χ1) is 17.4. The third-order valence-corrected chi connectivity index (χ3v) is 7.37. The zero-order valence-electron chi connectivity index (χ0n) is 20.1.